The van der Waals surface area contributed by atoms with Crippen LogP contribution in [0.15, 0.2) is 30.5 Å². The number of amides is 1. The average Bonchev–Trinajstić information content (AvgIpc) is 2.63. The molecule has 8 heteroatoms. The summed E-state index contributed by atoms with van der Waals surface area (Å²) in [7, 11) is 0. The normalized spacial score (nSPS) is 15.2. The van der Waals surface area contributed by atoms with Crippen LogP contribution in [0.3, 0.4) is 0 Å². The minimum Gasteiger partial charge on any atom is -0.352 e. The standard InChI is InChI=1S/C19H19ClF3N3O/c1-12-3-4-14(9-13(12)2)18(27)26-7-5-25(6-8-26)17-16(20)10-15(11-24-17)19(21,22)23/h3-4,9-11H,5-8H2,1-2H3. The lowest BCUT2D eigenvalue weighted by atomic mass is 10.1. The fraction of sp³-hybridized carbons (Fsp3) is 0.368. The number of nitrogens with zero attached hydrogens (tertiary/aromatic N) is 3. The molecule has 1 aliphatic heterocycles. The van der Waals surface area contributed by atoms with Crippen LogP contribution in [0.2, 0.25) is 5.02 Å². The Morgan fingerprint density at radius 2 is 1.74 bits per heavy atom. The summed E-state index contributed by atoms with van der Waals surface area (Å²) in [6.45, 7) is 5.75. The summed E-state index contributed by atoms with van der Waals surface area (Å²) >= 11 is 6.01. The Morgan fingerprint density at radius 3 is 2.30 bits per heavy atom. The van der Waals surface area contributed by atoms with Crippen molar-refractivity contribution in [3.05, 3.63) is 57.7 Å². The number of carbonyl (C=O) groups is 1. The summed E-state index contributed by atoms with van der Waals surface area (Å²) in [5.74, 6) is 0.257. The third-order valence-corrected chi connectivity index (χ3v) is 5.05. The number of anilines is 1. The maximum Gasteiger partial charge on any atom is 0.417 e. The summed E-state index contributed by atoms with van der Waals surface area (Å²) in [5, 5.41) is -0.0428. The molecule has 2 aromatic rings. The molecule has 0 saturated carbocycles. The van der Waals surface area contributed by atoms with Crippen LogP contribution in [-0.4, -0.2) is 42.0 Å². The van der Waals surface area contributed by atoms with Crippen LogP contribution in [-0.2, 0) is 6.18 Å². The first-order valence-electron chi connectivity index (χ1n) is 8.51. The third-order valence-electron chi connectivity index (χ3n) is 4.77. The molecule has 4 nitrogen and oxygen atoms in total. The number of hydrogen-bond donors (Lipinski definition) is 0. The lowest BCUT2D eigenvalue weighted by molar-refractivity contribution is -0.137. The van der Waals surface area contributed by atoms with Crippen molar-refractivity contribution in [3.8, 4) is 0 Å². The van der Waals surface area contributed by atoms with Crippen molar-refractivity contribution in [2.45, 2.75) is 20.0 Å². The average molecular weight is 398 g/mol. The molecule has 144 valence electrons. The fourth-order valence-corrected chi connectivity index (χ4v) is 3.28. The van der Waals surface area contributed by atoms with E-state index in [0.29, 0.717) is 37.6 Å². The SMILES string of the molecule is Cc1ccc(C(=O)N2CCN(c3ncc(C(F)(F)F)cc3Cl)CC2)cc1C. The van der Waals surface area contributed by atoms with E-state index >= 15 is 0 Å². The smallest absolute Gasteiger partial charge is 0.352 e. The molecule has 0 bridgehead atoms. The zero-order valence-corrected chi connectivity index (χ0v) is 15.7. The summed E-state index contributed by atoms with van der Waals surface area (Å²) in [4.78, 5) is 20.1. The Kier molecular flexibility index (Phi) is 5.33. The van der Waals surface area contributed by atoms with Gasteiger partial charge in [0.2, 0.25) is 0 Å². The third kappa shape index (κ3) is 4.18. The van der Waals surface area contributed by atoms with E-state index in [1.807, 2.05) is 32.0 Å². The molecule has 27 heavy (non-hydrogen) atoms. The van der Waals surface area contributed by atoms with Gasteiger partial charge in [-0.1, -0.05) is 17.7 Å². The Labute approximate surface area is 160 Å². The van der Waals surface area contributed by atoms with Crippen LogP contribution in [0.1, 0.15) is 27.0 Å². The second-order valence-electron chi connectivity index (χ2n) is 6.61. The first kappa shape index (κ1) is 19.5. The Morgan fingerprint density at radius 1 is 1.07 bits per heavy atom. The van der Waals surface area contributed by atoms with Crippen LogP contribution < -0.4 is 4.90 Å². The number of benzene rings is 1. The monoisotopic (exact) mass is 397 g/mol. The fourth-order valence-electron chi connectivity index (χ4n) is 3.00. The number of aromatic nitrogens is 1. The zero-order chi connectivity index (χ0) is 19.8. The van der Waals surface area contributed by atoms with E-state index in [9.17, 15) is 18.0 Å². The molecule has 1 aliphatic rings. The molecule has 0 unspecified atom stereocenters. The highest BCUT2D eigenvalue weighted by Gasteiger charge is 2.32. The van der Waals surface area contributed by atoms with Crippen molar-refractivity contribution in [2.75, 3.05) is 31.1 Å². The van der Waals surface area contributed by atoms with E-state index < -0.39 is 11.7 Å². The highest BCUT2D eigenvalue weighted by atomic mass is 35.5. The highest BCUT2D eigenvalue weighted by molar-refractivity contribution is 6.33. The van der Waals surface area contributed by atoms with Crippen LogP contribution in [0.25, 0.3) is 0 Å². The predicted molar refractivity (Wildman–Crippen MR) is 98.3 cm³/mol. The van der Waals surface area contributed by atoms with Gasteiger partial charge in [0.15, 0.2) is 0 Å². The van der Waals surface area contributed by atoms with Crippen molar-refractivity contribution in [3.63, 3.8) is 0 Å². The number of hydrogen-bond acceptors (Lipinski definition) is 3. The molecule has 2 heterocycles. The van der Waals surface area contributed by atoms with Gasteiger partial charge in [0.1, 0.15) is 5.82 Å². The quantitative estimate of drug-likeness (QED) is 0.756. The molecule has 0 aliphatic carbocycles. The molecule has 1 aromatic carbocycles. The lowest BCUT2D eigenvalue weighted by Gasteiger charge is -2.36. The second kappa shape index (κ2) is 7.38. The zero-order valence-electron chi connectivity index (χ0n) is 15.0. The molecule has 0 radical (unpaired) electrons. The molecule has 1 saturated heterocycles. The topological polar surface area (TPSA) is 36.4 Å². The van der Waals surface area contributed by atoms with Gasteiger partial charge in [-0.2, -0.15) is 13.2 Å². The van der Waals surface area contributed by atoms with Crippen molar-refractivity contribution in [2.24, 2.45) is 0 Å². The largest absolute Gasteiger partial charge is 0.417 e. The van der Waals surface area contributed by atoms with E-state index in [2.05, 4.69) is 4.98 Å². The van der Waals surface area contributed by atoms with Crippen molar-refractivity contribution < 1.29 is 18.0 Å². The van der Waals surface area contributed by atoms with Crippen LogP contribution in [0.4, 0.5) is 19.0 Å². The number of aryl methyl sites for hydroxylation is 2. The Hall–Kier alpha value is -2.28. The van der Waals surface area contributed by atoms with Gasteiger partial charge >= 0.3 is 6.18 Å². The number of pyridine rings is 1. The lowest BCUT2D eigenvalue weighted by Crippen LogP contribution is -2.49. The highest BCUT2D eigenvalue weighted by Crippen LogP contribution is 2.33. The van der Waals surface area contributed by atoms with Gasteiger partial charge < -0.3 is 9.80 Å². The maximum atomic E-state index is 12.7. The molecule has 1 fully saturated rings. The number of piperazine rings is 1. The minimum atomic E-state index is -4.48. The van der Waals surface area contributed by atoms with Gasteiger partial charge in [0.25, 0.3) is 5.91 Å². The van der Waals surface area contributed by atoms with Gasteiger partial charge in [-0.25, -0.2) is 4.98 Å². The maximum absolute atomic E-state index is 12.7. The van der Waals surface area contributed by atoms with Gasteiger partial charge in [0.05, 0.1) is 10.6 Å². The molecule has 0 spiro atoms. The van der Waals surface area contributed by atoms with E-state index in [0.717, 1.165) is 23.4 Å². The number of rotatable bonds is 2. The van der Waals surface area contributed by atoms with Gasteiger partial charge in [-0.15, -0.1) is 0 Å². The Bertz CT molecular complexity index is 862. The number of halogens is 4. The number of alkyl halides is 3. The summed E-state index contributed by atoms with van der Waals surface area (Å²) in [5.41, 5.74) is 1.94. The summed E-state index contributed by atoms with van der Waals surface area (Å²) in [6, 6.07) is 6.49. The van der Waals surface area contributed by atoms with Crippen LogP contribution in [0, 0.1) is 13.8 Å². The molecule has 1 aromatic heterocycles. The Balaban J connectivity index is 1.68. The van der Waals surface area contributed by atoms with Crippen molar-refractivity contribution >= 4 is 23.3 Å². The van der Waals surface area contributed by atoms with Crippen molar-refractivity contribution in [1.29, 1.82) is 0 Å². The summed E-state index contributed by atoms with van der Waals surface area (Å²) in [6.07, 6.45) is -3.69. The van der Waals surface area contributed by atoms with Gasteiger partial charge in [-0.05, 0) is 43.2 Å². The minimum absolute atomic E-state index is 0.0428. The molecule has 3 rings (SSSR count). The van der Waals surface area contributed by atoms with E-state index in [1.165, 1.54) is 0 Å². The second-order valence-corrected chi connectivity index (χ2v) is 7.01. The van der Waals surface area contributed by atoms with E-state index in [1.54, 1.807) is 9.80 Å². The predicted octanol–water partition coefficient (Wildman–Crippen LogP) is 4.33. The molecule has 0 N–H and O–H groups in total. The molecule has 0 atom stereocenters. The molecular formula is C19H19ClF3N3O. The number of carbonyl (C=O) groups excluding carboxylic acids is 1. The van der Waals surface area contributed by atoms with Crippen LogP contribution in [0.5, 0.6) is 0 Å². The van der Waals surface area contributed by atoms with E-state index in [4.69, 9.17) is 11.6 Å². The molecule has 1 amide bonds. The van der Waals surface area contributed by atoms with Crippen molar-refractivity contribution in [1.82, 2.24) is 9.88 Å². The first-order chi connectivity index (χ1) is 12.7. The van der Waals surface area contributed by atoms with Gasteiger partial charge in [0, 0.05) is 37.9 Å². The first-order valence-corrected chi connectivity index (χ1v) is 8.89. The van der Waals surface area contributed by atoms with Gasteiger partial charge in [-0.3, -0.25) is 4.79 Å². The molecular weight excluding hydrogens is 379 g/mol. The van der Waals surface area contributed by atoms with Crippen LogP contribution >= 0.6 is 11.6 Å². The summed E-state index contributed by atoms with van der Waals surface area (Å²) < 4.78 is 38.2. The van der Waals surface area contributed by atoms with E-state index in [-0.39, 0.29) is 10.9 Å².